The van der Waals surface area contributed by atoms with Gasteiger partial charge in [0.25, 0.3) is 0 Å². The van der Waals surface area contributed by atoms with Crippen molar-refractivity contribution in [3.05, 3.63) is 40.6 Å². The van der Waals surface area contributed by atoms with E-state index in [4.69, 9.17) is 9.47 Å². The minimum atomic E-state index is 0.605. The van der Waals surface area contributed by atoms with Crippen molar-refractivity contribution in [2.75, 3.05) is 18.5 Å². The topological polar surface area (TPSA) is 35.4 Å². The van der Waals surface area contributed by atoms with Gasteiger partial charge in [-0.1, -0.05) is 0 Å². The monoisotopic (exact) mass is 336 g/mol. The first-order chi connectivity index (χ1) is 9.76. The normalized spacial score (nSPS) is 13.3. The fraction of sp³-hybridized carbons (Fsp3) is 0.333. The van der Waals surface area contributed by atoms with Crippen LogP contribution in [0.2, 0.25) is 0 Å². The molecule has 0 atom stereocenters. The molecule has 2 heterocycles. The minimum Gasteiger partial charge on any atom is -0.486 e. The molecule has 5 heteroatoms. The highest BCUT2D eigenvalue weighted by atomic mass is 79.9. The molecule has 20 heavy (non-hydrogen) atoms. The van der Waals surface area contributed by atoms with E-state index in [2.05, 4.69) is 51.2 Å². The molecule has 1 aliphatic rings. The predicted octanol–water partition coefficient (Wildman–Crippen LogP) is 3.65. The van der Waals surface area contributed by atoms with E-state index in [1.165, 1.54) is 5.56 Å². The molecule has 1 aromatic heterocycles. The summed E-state index contributed by atoms with van der Waals surface area (Å²) in [5.74, 6) is 1.60. The van der Waals surface area contributed by atoms with Gasteiger partial charge in [0.05, 0.1) is 5.69 Å². The van der Waals surface area contributed by atoms with E-state index in [-0.39, 0.29) is 0 Å². The van der Waals surface area contributed by atoms with Crippen LogP contribution in [0, 0.1) is 0 Å². The Morgan fingerprint density at radius 2 is 2.00 bits per heavy atom. The summed E-state index contributed by atoms with van der Waals surface area (Å²) in [4.78, 5) is 0. The number of nitrogens with one attached hydrogen (secondary N) is 1. The summed E-state index contributed by atoms with van der Waals surface area (Å²) >= 11 is 3.56. The van der Waals surface area contributed by atoms with Gasteiger partial charge in [0, 0.05) is 42.1 Å². The highest BCUT2D eigenvalue weighted by molar-refractivity contribution is 9.10. The number of halogens is 1. The number of nitrogens with zero attached hydrogens (tertiary/aromatic N) is 1. The number of hydrogen-bond donors (Lipinski definition) is 1. The van der Waals surface area contributed by atoms with Crippen LogP contribution < -0.4 is 14.8 Å². The number of benzene rings is 1. The highest BCUT2D eigenvalue weighted by Crippen LogP contribution is 2.38. The van der Waals surface area contributed by atoms with Gasteiger partial charge in [0.15, 0.2) is 11.5 Å². The maximum atomic E-state index is 5.60. The number of aryl methyl sites for hydroxylation is 1. The van der Waals surface area contributed by atoms with Crippen molar-refractivity contribution in [1.82, 2.24) is 4.57 Å². The summed E-state index contributed by atoms with van der Waals surface area (Å²) in [5.41, 5.74) is 2.27. The smallest absolute Gasteiger partial charge is 0.163 e. The quantitative estimate of drug-likeness (QED) is 0.925. The summed E-state index contributed by atoms with van der Waals surface area (Å²) in [5, 5.41) is 3.42. The molecular formula is C15H17BrN2O2. The average Bonchev–Trinajstić information content (AvgIpc) is 2.93. The SMILES string of the molecule is CCn1ccc(CNc2cc3c(cc2Br)OCCO3)c1. The van der Waals surface area contributed by atoms with Gasteiger partial charge in [-0.2, -0.15) is 0 Å². The van der Waals surface area contributed by atoms with Crippen LogP contribution >= 0.6 is 15.9 Å². The molecule has 0 saturated heterocycles. The second-order valence-corrected chi connectivity index (χ2v) is 5.53. The second kappa shape index (κ2) is 5.79. The fourth-order valence-electron chi connectivity index (χ4n) is 2.19. The van der Waals surface area contributed by atoms with Gasteiger partial charge in [-0.3, -0.25) is 0 Å². The maximum Gasteiger partial charge on any atom is 0.163 e. The van der Waals surface area contributed by atoms with Gasteiger partial charge >= 0.3 is 0 Å². The van der Waals surface area contributed by atoms with Crippen molar-refractivity contribution in [1.29, 1.82) is 0 Å². The third-order valence-electron chi connectivity index (χ3n) is 3.29. The lowest BCUT2D eigenvalue weighted by atomic mass is 10.2. The largest absolute Gasteiger partial charge is 0.486 e. The highest BCUT2D eigenvalue weighted by Gasteiger charge is 2.14. The molecule has 0 spiro atoms. The standard InChI is InChI=1S/C15H17BrN2O2/c1-2-18-4-3-11(10-18)9-17-13-8-15-14(7-12(13)16)19-5-6-20-15/h3-4,7-8,10,17H,2,5-6,9H2,1H3. The number of aromatic nitrogens is 1. The Bertz CT molecular complexity index is 610. The molecule has 0 amide bonds. The van der Waals surface area contributed by atoms with E-state index < -0.39 is 0 Å². The van der Waals surface area contributed by atoms with Crippen LogP contribution in [0.1, 0.15) is 12.5 Å². The van der Waals surface area contributed by atoms with E-state index in [0.29, 0.717) is 13.2 Å². The second-order valence-electron chi connectivity index (χ2n) is 4.68. The van der Waals surface area contributed by atoms with Gasteiger partial charge in [0.2, 0.25) is 0 Å². The van der Waals surface area contributed by atoms with Crippen LogP contribution in [0.5, 0.6) is 11.5 Å². The van der Waals surface area contributed by atoms with Gasteiger partial charge in [-0.15, -0.1) is 0 Å². The summed E-state index contributed by atoms with van der Waals surface area (Å²) in [6.45, 7) is 5.12. The summed E-state index contributed by atoms with van der Waals surface area (Å²) in [6.07, 6.45) is 4.24. The molecule has 0 saturated carbocycles. The number of rotatable bonds is 4. The van der Waals surface area contributed by atoms with Gasteiger partial charge in [0.1, 0.15) is 13.2 Å². The van der Waals surface area contributed by atoms with Gasteiger partial charge < -0.3 is 19.4 Å². The Morgan fingerprint density at radius 1 is 1.25 bits per heavy atom. The Morgan fingerprint density at radius 3 is 2.70 bits per heavy atom. The molecule has 0 fully saturated rings. The van der Waals surface area contributed by atoms with Gasteiger partial charge in [-0.05, 0) is 34.5 Å². The molecule has 4 nitrogen and oxygen atoms in total. The third-order valence-corrected chi connectivity index (χ3v) is 3.95. The van der Waals surface area contributed by atoms with Crippen LogP contribution in [0.25, 0.3) is 0 Å². The maximum absolute atomic E-state index is 5.60. The van der Waals surface area contributed by atoms with Crippen LogP contribution in [0.3, 0.4) is 0 Å². The van der Waals surface area contributed by atoms with E-state index in [0.717, 1.165) is 34.7 Å². The fourth-order valence-corrected chi connectivity index (χ4v) is 2.65. The van der Waals surface area contributed by atoms with Crippen LogP contribution in [-0.4, -0.2) is 17.8 Å². The first-order valence-electron chi connectivity index (χ1n) is 6.74. The molecule has 1 N–H and O–H groups in total. The predicted molar refractivity (Wildman–Crippen MR) is 82.6 cm³/mol. The Balaban J connectivity index is 1.73. The van der Waals surface area contributed by atoms with Crippen molar-refractivity contribution < 1.29 is 9.47 Å². The van der Waals surface area contributed by atoms with Gasteiger partial charge in [-0.25, -0.2) is 0 Å². The number of ether oxygens (including phenoxy) is 2. The van der Waals surface area contributed by atoms with Crippen LogP contribution in [-0.2, 0) is 13.1 Å². The van der Waals surface area contributed by atoms with E-state index in [9.17, 15) is 0 Å². The zero-order valence-corrected chi connectivity index (χ0v) is 12.9. The van der Waals surface area contributed by atoms with Crippen LogP contribution in [0.4, 0.5) is 5.69 Å². The molecule has 3 rings (SSSR count). The molecule has 2 aromatic rings. The zero-order valence-electron chi connectivity index (χ0n) is 11.4. The van der Waals surface area contributed by atoms with Crippen molar-refractivity contribution in [3.63, 3.8) is 0 Å². The lowest BCUT2D eigenvalue weighted by molar-refractivity contribution is 0.171. The number of anilines is 1. The lowest BCUT2D eigenvalue weighted by Crippen LogP contribution is -2.15. The molecule has 0 radical (unpaired) electrons. The third kappa shape index (κ3) is 2.77. The molecule has 1 aliphatic heterocycles. The van der Waals surface area contributed by atoms with Crippen molar-refractivity contribution >= 4 is 21.6 Å². The van der Waals surface area contributed by atoms with Crippen molar-refractivity contribution in [2.24, 2.45) is 0 Å². The molecule has 1 aromatic carbocycles. The van der Waals surface area contributed by atoms with Crippen molar-refractivity contribution in [2.45, 2.75) is 20.0 Å². The van der Waals surface area contributed by atoms with E-state index >= 15 is 0 Å². The molecule has 106 valence electrons. The number of hydrogen-bond acceptors (Lipinski definition) is 3. The molecular weight excluding hydrogens is 320 g/mol. The minimum absolute atomic E-state index is 0.605. The summed E-state index contributed by atoms with van der Waals surface area (Å²) in [7, 11) is 0. The molecule has 0 unspecified atom stereocenters. The Kier molecular flexibility index (Phi) is 3.87. The summed E-state index contributed by atoms with van der Waals surface area (Å²) in [6, 6.07) is 6.06. The zero-order chi connectivity index (χ0) is 13.9. The van der Waals surface area contributed by atoms with Crippen LogP contribution in [0.15, 0.2) is 35.1 Å². The van der Waals surface area contributed by atoms with E-state index in [1.807, 2.05) is 12.1 Å². The first-order valence-corrected chi connectivity index (χ1v) is 7.53. The number of fused-ring (bicyclic) bond motifs is 1. The Hall–Kier alpha value is -1.62. The van der Waals surface area contributed by atoms with Crippen molar-refractivity contribution in [3.8, 4) is 11.5 Å². The average molecular weight is 337 g/mol. The lowest BCUT2D eigenvalue weighted by Gasteiger charge is -2.20. The first kappa shape index (κ1) is 13.4. The Labute approximate surface area is 126 Å². The molecule has 0 bridgehead atoms. The van der Waals surface area contributed by atoms with E-state index in [1.54, 1.807) is 0 Å². The molecule has 0 aliphatic carbocycles. The summed E-state index contributed by atoms with van der Waals surface area (Å²) < 4.78 is 14.3.